The van der Waals surface area contributed by atoms with Crippen LogP contribution in [-0.4, -0.2) is 19.0 Å². The highest BCUT2D eigenvalue weighted by Crippen LogP contribution is 2.11. The summed E-state index contributed by atoms with van der Waals surface area (Å²) in [5.41, 5.74) is 5.47. The maximum Gasteiger partial charge on any atom is 0.396 e. The fourth-order valence-corrected chi connectivity index (χ4v) is 0.942. The molecule has 0 spiro atoms. The van der Waals surface area contributed by atoms with Crippen molar-refractivity contribution < 1.29 is 19.1 Å². The van der Waals surface area contributed by atoms with E-state index in [1.54, 1.807) is 31.4 Å². The molecule has 1 aromatic carbocycles. The summed E-state index contributed by atoms with van der Waals surface area (Å²) in [5, 5.41) is 0. The maximum absolute atomic E-state index is 10.7. The molecule has 0 bridgehead atoms. The number of ether oxygens (including phenoxy) is 2. The second-order valence-corrected chi connectivity index (χ2v) is 2.79. The minimum Gasteiger partial charge on any atom is -0.497 e. The summed E-state index contributed by atoms with van der Waals surface area (Å²) in [5.74, 6) is -1.42. The smallest absolute Gasteiger partial charge is 0.396 e. The van der Waals surface area contributed by atoms with Gasteiger partial charge in [-0.1, -0.05) is 12.1 Å². The van der Waals surface area contributed by atoms with Gasteiger partial charge in [0.25, 0.3) is 0 Å². The van der Waals surface area contributed by atoms with Crippen LogP contribution in [0.3, 0.4) is 0 Å². The second kappa shape index (κ2) is 4.99. The summed E-state index contributed by atoms with van der Waals surface area (Å²) < 4.78 is 9.56. The Bertz CT molecular complexity index is 358. The molecule has 0 atom stereocenters. The van der Waals surface area contributed by atoms with E-state index in [1.807, 2.05) is 0 Å². The van der Waals surface area contributed by atoms with Crippen LogP contribution in [0.1, 0.15) is 5.56 Å². The minimum atomic E-state index is -1.09. The highest BCUT2D eigenvalue weighted by molar-refractivity contribution is 6.31. The first-order chi connectivity index (χ1) is 7.13. The second-order valence-electron chi connectivity index (χ2n) is 2.79. The zero-order valence-electron chi connectivity index (χ0n) is 8.23. The molecule has 5 nitrogen and oxygen atoms in total. The van der Waals surface area contributed by atoms with Crippen molar-refractivity contribution in [2.75, 3.05) is 7.11 Å². The first-order valence-electron chi connectivity index (χ1n) is 4.23. The molecule has 0 aromatic heterocycles. The molecule has 0 unspecified atom stereocenters. The summed E-state index contributed by atoms with van der Waals surface area (Å²) in [4.78, 5) is 21.1. The first kappa shape index (κ1) is 11.0. The summed E-state index contributed by atoms with van der Waals surface area (Å²) in [6, 6.07) is 6.92. The SMILES string of the molecule is COc1ccc(COC(=O)C(N)=O)cc1. The van der Waals surface area contributed by atoms with E-state index in [4.69, 9.17) is 10.5 Å². The Morgan fingerprint density at radius 3 is 2.33 bits per heavy atom. The van der Waals surface area contributed by atoms with Crippen LogP contribution in [0.15, 0.2) is 24.3 Å². The number of nitrogens with two attached hydrogens (primary N) is 1. The van der Waals surface area contributed by atoms with Gasteiger partial charge in [-0.3, -0.25) is 4.79 Å². The number of hydrogen-bond donors (Lipinski definition) is 1. The highest BCUT2D eigenvalue weighted by atomic mass is 16.5. The summed E-state index contributed by atoms with van der Waals surface area (Å²) in [7, 11) is 1.56. The van der Waals surface area contributed by atoms with Crippen LogP contribution in [0.4, 0.5) is 0 Å². The fourth-order valence-electron chi connectivity index (χ4n) is 0.942. The van der Waals surface area contributed by atoms with E-state index in [2.05, 4.69) is 4.74 Å². The van der Waals surface area contributed by atoms with Gasteiger partial charge in [0.05, 0.1) is 7.11 Å². The van der Waals surface area contributed by atoms with Crippen LogP contribution < -0.4 is 10.5 Å². The van der Waals surface area contributed by atoms with E-state index in [0.29, 0.717) is 5.75 Å². The zero-order valence-corrected chi connectivity index (χ0v) is 8.23. The standard InChI is InChI=1S/C10H11NO4/c1-14-8-4-2-7(3-5-8)6-15-10(13)9(11)12/h2-5H,6H2,1H3,(H2,11,12). The van der Waals surface area contributed by atoms with Gasteiger partial charge in [0.2, 0.25) is 0 Å². The van der Waals surface area contributed by atoms with E-state index in [0.717, 1.165) is 5.56 Å². The Kier molecular flexibility index (Phi) is 3.68. The number of carbonyl (C=O) groups is 2. The van der Waals surface area contributed by atoms with Gasteiger partial charge in [-0.05, 0) is 17.7 Å². The molecular formula is C10H11NO4. The van der Waals surface area contributed by atoms with Crippen molar-refractivity contribution in [3.63, 3.8) is 0 Å². The molecule has 1 rings (SSSR count). The normalized spacial score (nSPS) is 9.40. The van der Waals surface area contributed by atoms with Gasteiger partial charge >= 0.3 is 11.9 Å². The average Bonchev–Trinajstić information content (AvgIpc) is 2.26. The lowest BCUT2D eigenvalue weighted by Crippen LogP contribution is -2.25. The van der Waals surface area contributed by atoms with E-state index >= 15 is 0 Å². The molecule has 80 valence electrons. The molecule has 0 saturated heterocycles. The van der Waals surface area contributed by atoms with Crippen molar-refractivity contribution in [1.82, 2.24) is 0 Å². The van der Waals surface area contributed by atoms with Gasteiger partial charge in [0.1, 0.15) is 12.4 Å². The molecule has 0 aliphatic carbocycles. The van der Waals surface area contributed by atoms with Crippen LogP contribution in [0, 0.1) is 0 Å². The van der Waals surface area contributed by atoms with E-state index < -0.39 is 11.9 Å². The third kappa shape index (κ3) is 3.30. The molecule has 0 aliphatic rings. The Labute approximate surface area is 86.8 Å². The third-order valence-electron chi connectivity index (χ3n) is 1.73. The Hall–Kier alpha value is -2.04. The lowest BCUT2D eigenvalue weighted by atomic mass is 10.2. The molecule has 0 saturated carbocycles. The summed E-state index contributed by atoms with van der Waals surface area (Å²) in [6.07, 6.45) is 0. The maximum atomic E-state index is 10.7. The Morgan fingerprint density at radius 1 is 1.27 bits per heavy atom. The van der Waals surface area contributed by atoms with Crippen LogP contribution in [-0.2, 0) is 20.9 Å². The van der Waals surface area contributed by atoms with Crippen LogP contribution in [0.5, 0.6) is 5.75 Å². The number of rotatable bonds is 3. The number of amides is 1. The first-order valence-corrected chi connectivity index (χ1v) is 4.23. The molecule has 2 N–H and O–H groups in total. The number of methoxy groups -OCH3 is 1. The van der Waals surface area contributed by atoms with E-state index in [1.165, 1.54) is 0 Å². The van der Waals surface area contributed by atoms with Crippen molar-refractivity contribution in [2.45, 2.75) is 6.61 Å². The molecule has 0 fully saturated rings. The third-order valence-corrected chi connectivity index (χ3v) is 1.73. The molecular weight excluding hydrogens is 198 g/mol. The predicted molar refractivity (Wildman–Crippen MR) is 52.0 cm³/mol. The van der Waals surface area contributed by atoms with Gasteiger partial charge in [0, 0.05) is 0 Å². The van der Waals surface area contributed by atoms with Crippen molar-refractivity contribution in [2.24, 2.45) is 5.73 Å². The largest absolute Gasteiger partial charge is 0.497 e. The lowest BCUT2D eigenvalue weighted by molar-refractivity contribution is -0.154. The lowest BCUT2D eigenvalue weighted by Gasteiger charge is -2.03. The van der Waals surface area contributed by atoms with Crippen molar-refractivity contribution in [3.8, 4) is 5.75 Å². The van der Waals surface area contributed by atoms with Crippen LogP contribution >= 0.6 is 0 Å². The molecule has 0 aliphatic heterocycles. The topological polar surface area (TPSA) is 78.6 Å². The Balaban J connectivity index is 2.51. The molecule has 0 radical (unpaired) electrons. The molecule has 5 heteroatoms. The molecule has 0 heterocycles. The van der Waals surface area contributed by atoms with Crippen molar-refractivity contribution >= 4 is 11.9 Å². The molecule has 1 amide bonds. The number of carbonyl (C=O) groups excluding carboxylic acids is 2. The number of benzene rings is 1. The highest BCUT2D eigenvalue weighted by Gasteiger charge is 2.09. The van der Waals surface area contributed by atoms with E-state index in [9.17, 15) is 9.59 Å². The van der Waals surface area contributed by atoms with Crippen LogP contribution in [0.2, 0.25) is 0 Å². The van der Waals surface area contributed by atoms with Gasteiger partial charge in [0.15, 0.2) is 0 Å². The van der Waals surface area contributed by atoms with E-state index in [-0.39, 0.29) is 6.61 Å². The van der Waals surface area contributed by atoms with Crippen molar-refractivity contribution in [3.05, 3.63) is 29.8 Å². The fraction of sp³-hybridized carbons (Fsp3) is 0.200. The predicted octanol–water partition coefficient (Wildman–Crippen LogP) is 0.224. The van der Waals surface area contributed by atoms with Crippen molar-refractivity contribution in [1.29, 1.82) is 0 Å². The number of hydrogen-bond acceptors (Lipinski definition) is 4. The zero-order chi connectivity index (χ0) is 11.3. The monoisotopic (exact) mass is 209 g/mol. The average molecular weight is 209 g/mol. The quantitative estimate of drug-likeness (QED) is 0.570. The summed E-state index contributed by atoms with van der Waals surface area (Å²) in [6.45, 7) is 0.0196. The summed E-state index contributed by atoms with van der Waals surface area (Å²) >= 11 is 0. The number of esters is 1. The van der Waals surface area contributed by atoms with Gasteiger partial charge in [-0.2, -0.15) is 0 Å². The van der Waals surface area contributed by atoms with Gasteiger partial charge < -0.3 is 15.2 Å². The minimum absolute atomic E-state index is 0.0196. The Morgan fingerprint density at radius 2 is 1.87 bits per heavy atom. The number of primary amides is 1. The van der Waals surface area contributed by atoms with Crippen LogP contribution in [0.25, 0.3) is 0 Å². The van der Waals surface area contributed by atoms with Gasteiger partial charge in [-0.25, -0.2) is 4.79 Å². The molecule has 15 heavy (non-hydrogen) atoms. The molecule has 1 aromatic rings. The van der Waals surface area contributed by atoms with Gasteiger partial charge in [-0.15, -0.1) is 0 Å².